The third-order valence-electron chi connectivity index (χ3n) is 5.52. The van der Waals surface area contributed by atoms with Gasteiger partial charge in [-0.25, -0.2) is 0 Å². The lowest BCUT2D eigenvalue weighted by molar-refractivity contribution is 0.0638. The maximum atomic E-state index is 12.6. The number of rotatable bonds is 5. The van der Waals surface area contributed by atoms with Crippen LogP contribution in [0.15, 0.2) is 41.8 Å². The summed E-state index contributed by atoms with van der Waals surface area (Å²) in [5.74, 6) is 1.35. The molecule has 0 bridgehead atoms. The number of thiophene rings is 1. The number of hydrogen-bond acceptors (Lipinski definition) is 4. The first-order chi connectivity index (χ1) is 13.7. The first-order valence-corrected chi connectivity index (χ1v) is 10.9. The fraction of sp³-hybridized carbons (Fsp3) is 0.455. The van der Waals surface area contributed by atoms with E-state index in [0.29, 0.717) is 12.5 Å². The second-order valence-corrected chi connectivity index (χ2v) is 8.52. The summed E-state index contributed by atoms with van der Waals surface area (Å²) in [6, 6.07) is 11.3. The SMILES string of the molecule is O=C(c1ccc(OC[C@@H]2CCCN(C(=O)c3cccs3)C2)cc1)N1CCCC1. The normalized spacial score (nSPS) is 19.6. The van der Waals surface area contributed by atoms with Gasteiger partial charge >= 0.3 is 0 Å². The minimum absolute atomic E-state index is 0.110. The molecule has 0 aliphatic carbocycles. The molecule has 2 fully saturated rings. The zero-order chi connectivity index (χ0) is 19.3. The van der Waals surface area contributed by atoms with Gasteiger partial charge < -0.3 is 14.5 Å². The predicted octanol–water partition coefficient (Wildman–Crippen LogP) is 3.92. The fourth-order valence-electron chi connectivity index (χ4n) is 3.95. The van der Waals surface area contributed by atoms with Crippen molar-refractivity contribution in [1.29, 1.82) is 0 Å². The van der Waals surface area contributed by atoms with Crippen molar-refractivity contribution in [2.24, 2.45) is 5.92 Å². The molecule has 6 heteroatoms. The van der Waals surface area contributed by atoms with Crippen LogP contribution in [0.25, 0.3) is 0 Å². The average molecular weight is 399 g/mol. The Balaban J connectivity index is 1.29. The summed E-state index contributed by atoms with van der Waals surface area (Å²) < 4.78 is 5.96. The lowest BCUT2D eigenvalue weighted by Gasteiger charge is -2.32. The molecule has 28 heavy (non-hydrogen) atoms. The number of likely N-dealkylation sites (tertiary alicyclic amines) is 2. The molecule has 2 aromatic rings. The summed E-state index contributed by atoms with van der Waals surface area (Å²) in [4.78, 5) is 29.6. The summed E-state index contributed by atoms with van der Waals surface area (Å²) in [6.45, 7) is 3.87. The number of amides is 2. The monoisotopic (exact) mass is 398 g/mol. The Morgan fingerprint density at radius 2 is 1.71 bits per heavy atom. The van der Waals surface area contributed by atoms with E-state index in [-0.39, 0.29) is 11.8 Å². The van der Waals surface area contributed by atoms with Crippen molar-refractivity contribution >= 4 is 23.2 Å². The first-order valence-electron chi connectivity index (χ1n) is 10.1. The van der Waals surface area contributed by atoms with Crippen molar-refractivity contribution in [3.05, 3.63) is 52.2 Å². The highest BCUT2D eigenvalue weighted by Crippen LogP contribution is 2.22. The zero-order valence-electron chi connectivity index (χ0n) is 16.0. The Morgan fingerprint density at radius 3 is 2.43 bits per heavy atom. The molecular weight excluding hydrogens is 372 g/mol. The molecule has 2 aliphatic rings. The van der Waals surface area contributed by atoms with Crippen LogP contribution < -0.4 is 4.74 Å². The third-order valence-corrected chi connectivity index (χ3v) is 6.38. The molecule has 5 nitrogen and oxygen atoms in total. The van der Waals surface area contributed by atoms with E-state index >= 15 is 0 Å². The molecule has 2 aliphatic heterocycles. The number of carbonyl (C=O) groups is 2. The average Bonchev–Trinajstić information content (AvgIpc) is 3.46. The standard InChI is InChI=1S/C22H26N2O3S/c25-21(23-11-1-2-12-23)18-7-9-19(10-8-18)27-16-17-5-3-13-24(15-17)22(26)20-6-4-14-28-20/h4,6-10,14,17H,1-3,5,11-13,15-16H2/t17-/m1/s1. The van der Waals surface area contributed by atoms with Crippen LogP contribution in [0.4, 0.5) is 0 Å². The minimum Gasteiger partial charge on any atom is -0.493 e. The summed E-state index contributed by atoms with van der Waals surface area (Å²) in [6.07, 6.45) is 4.27. The molecule has 0 radical (unpaired) electrons. The summed E-state index contributed by atoms with van der Waals surface area (Å²) in [5.41, 5.74) is 0.722. The largest absolute Gasteiger partial charge is 0.493 e. The number of carbonyl (C=O) groups excluding carboxylic acids is 2. The van der Waals surface area contributed by atoms with Crippen molar-refractivity contribution in [3.63, 3.8) is 0 Å². The van der Waals surface area contributed by atoms with E-state index < -0.39 is 0 Å². The van der Waals surface area contributed by atoms with E-state index in [1.807, 2.05) is 51.6 Å². The molecule has 148 valence electrons. The van der Waals surface area contributed by atoms with E-state index in [1.165, 1.54) is 11.3 Å². The molecule has 1 aromatic carbocycles. The van der Waals surface area contributed by atoms with Crippen molar-refractivity contribution in [2.75, 3.05) is 32.8 Å². The number of hydrogen-bond donors (Lipinski definition) is 0. The van der Waals surface area contributed by atoms with E-state index in [0.717, 1.165) is 68.1 Å². The molecule has 2 saturated heterocycles. The third kappa shape index (κ3) is 4.38. The Labute approximate surface area is 169 Å². The van der Waals surface area contributed by atoms with Crippen LogP contribution >= 0.6 is 11.3 Å². The molecule has 2 amide bonds. The van der Waals surface area contributed by atoms with Gasteiger partial charge in [0, 0.05) is 37.7 Å². The minimum atomic E-state index is 0.110. The summed E-state index contributed by atoms with van der Waals surface area (Å²) in [7, 11) is 0. The molecule has 0 N–H and O–H groups in total. The van der Waals surface area contributed by atoms with Gasteiger partial charge in [-0.15, -0.1) is 11.3 Å². The zero-order valence-corrected chi connectivity index (χ0v) is 16.8. The maximum absolute atomic E-state index is 12.6. The number of nitrogens with zero attached hydrogens (tertiary/aromatic N) is 2. The Morgan fingerprint density at radius 1 is 0.964 bits per heavy atom. The Bertz CT molecular complexity index is 798. The molecule has 0 spiro atoms. The summed E-state index contributed by atoms with van der Waals surface area (Å²) in [5, 5.41) is 1.94. The quantitative estimate of drug-likeness (QED) is 0.767. The van der Waals surface area contributed by atoms with Gasteiger partial charge in [0.1, 0.15) is 5.75 Å². The van der Waals surface area contributed by atoms with Crippen molar-refractivity contribution in [3.8, 4) is 5.75 Å². The highest BCUT2D eigenvalue weighted by molar-refractivity contribution is 7.12. The predicted molar refractivity (Wildman–Crippen MR) is 110 cm³/mol. The van der Waals surface area contributed by atoms with E-state index in [9.17, 15) is 9.59 Å². The van der Waals surface area contributed by atoms with Gasteiger partial charge in [-0.05, 0) is 61.4 Å². The van der Waals surface area contributed by atoms with Crippen molar-refractivity contribution in [2.45, 2.75) is 25.7 Å². The molecule has 1 aromatic heterocycles. The summed E-state index contributed by atoms with van der Waals surface area (Å²) >= 11 is 1.50. The van der Waals surface area contributed by atoms with Crippen molar-refractivity contribution in [1.82, 2.24) is 9.80 Å². The Hall–Kier alpha value is -2.34. The van der Waals surface area contributed by atoms with Gasteiger partial charge in [-0.2, -0.15) is 0 Å². The van der Waals surface area contributed by atoms with Crippen molar-refractivity contribution < 1.29 is 14.3 Å². The van der Waals surface area contributed by atoms with Crippen LogP contribution in [0.5, 0.6) is 5.75 Å². The lowest BCUT2D eigenvalue weighted by Crippen LogP contribution is -2.41. The number of piperidine rings is 1. The van der Waals surface area contributed by atoms with E-state index in [4.69, 9.17) is 4.74 Å². The topological polar surface area (TPSA) is 49.9 Å². The second-order valence-electron chi connectivity index (χ2n) is 7.57. The smallest absolute Gasteiger partial charge is 0.263 e. The van der Waals surface area contributed by atoms with Crippen LogP contribution in [0, 0.1) is 5.92 Å². The Kier molecular flexibility index (Phi) is 5.95. The van der Waals surface area contributed by atoms with Gasteiger partial charge in [0.05, 0.1) is 11.5 Å². The van der Waals surface area contributed by atoms with Gasteiger partial charge in [0.25, 0.3) is 11.8 Å². The molecule has 1 atom stereocenters. The number of ether oxygens (including phenoxy) is 1. The number of benzene rings is 1. The highest BCUT2D eigenvalue weighted by Gasteiger charge is 2.25. The molecule has 3 heterocycles. The van der Waals surface area contributed by atoms with Crippen LogP contribution in [-0.4, -0.2) is 54.4 Å². The highest BCUT2D eigenvalue weighted by atomic mass is 32.1. The van der Waals surface area contributed by atoms with E-state index in [2.05, 4.69) is 0 Å². The van der Waals surface area contributed by atoms with Crippen LogP contribution in [0.3, 0.4) is 0 Å². The first kappa shape index (κ1) is 19.0. The lowest BCUT2D eigenvalue weighted by atomic mass is 9.99. The molecule has 0 unspecified atom stereocenters. The second kappa shape index (κ2) is 8.78. The van der Waals surface area contributed by atoms with Gasteiger partial charge in [0.15, 0.2) is 0 Å². The van der Waals surface area contributed by atoms with Crippen LogP contribution in [0.1, 0.15) is 45.7 Å². The van der Waals surface area contributed by atoms with E-state index in [1.54, 1.807) is 0 Å². The molecule has 0 saturated carbocycles. The molecular formula is C22H26N2O3S. The maximum Gasteiger partial charge on any atom is 0.263 e. The molecule has 4 rings (SSSR count). The van der Waals surface area contributed by atoms with Crippen LogP contribution in [0.2, 0.25) is 0 Å². The van der Waals surface area contributed by atoms with Gasteiger partial charge in [-0.3, -0.25) is 9.59 Å². The fourth-order valence-corrected chi connectivity index (χ4v) is 4.64. The van der Waals surface area contributed by atoms with Gasteiger partial charge in [0.2, 0.25) is 0 Å². The van der Waals surface area contributed by atoms with Gasteiger partial charge in [-0.1, -0.05) is 6.07 Å². The van der Waals surface area contributed by atoms with Crippen LogP contribution in [-0.2, 0) is 0 Å².